The Morgan fingerprint density at radius 1 is 1.19 bits per heavy atom. The van der Waals surface area contributed by atoms with Crippen LogP contribution in [-0.4, -0.2) is 39.3 Å². The topological polar surface area (TPSA) is 72.3 Å². The number of hydrazine groups is 1. The van der Waals surface area contributed by atoms with Gasteiger partial charge in [-0.1, -0.05) is 0 Å². The maximum absolute atomic E-state index is 13.4. The molecule has 0 saturated carbocycles. The van der Waals surface area contributed by atoms with E-state index in [1.165, 1.54) is 19.1 Å². The van der Waals surface area contributed by atoms with Crippen LogP contribution in [0.1, 0.15) is 6.92 Å². The number of hydrogen-bond acceptors (Lipinski definition) is 5. The first-order valence-corrected chi connectivity index (χ1v) is 8.48. The number of ether oxygens (including phenoxy) is 1. The number of anilines is 1. The van der Waals surface area contributed by atoms with Gasteiger partial charge in [-0.15, -0.1) is 0 Å². The standard InChI is InChI=1S/C19H18FN5O2/c1-12(26)24-9-10-25-19(23-24)17(14-7-8-21-16(11-14)27-2)18(22-25)13-3-5-15(20)6-4-13/h3-8,11,23H,9-10H2,1-2H3. The predicted molar refractivity (Wildman–Crippen MR) is 98.4 cm³/mol. The van der Waals surface area contributed by atoms with Crippen molar-refractivity contribution in [1.29, 1.82) is 0 Å². The van der Waals surface area contributed by atoms with Crippen molar-refractivity contribution in [3.63, 3.8) is 0 Å². The van der Waals surface area contributed by atoms with E-state index in [2.05, 4.69) is 10.4 Å². The molecule has 1 aliphatic rings. The Balaban J connectivity index is 1.91. The van der Waals surface area contributed by atoms with E-state index >= 15 is 0 Å². The van der Waals surface area contributed by atoms with Gasteiger partial charge in [-0.05, 0) is 35.9 Å². The van der Waals surface area contributed by atoms with E-state index in [-0.39, 0.29) is 11.7 Å². The maximum Gasteiger partial charge on any atom is 0.237 e. The van der Waals surface area contributed by atoms with Crippen LogP contribution < -0.4 is 10.2 Å². The molecule has 0 bridgehead atoms. The van der Waals surface area contributed by atoms with Crippen LogP contribution in [-0.2, 0) is 11.3 Å². The lowest BCUT2D eigenvalue weighted by molar-refractivity contribution is -0.128. The monoisotopic (exact) mass is 367 g/mol. The van der Waals surface area contributed by atoms with Crippen molar-refractivity contribution in [1.82, 2.24) is 19.8 Å². The van der Waals surface area contributed by atoms with E-state index in [4.69, 9.17) is 9.84 Å². The minimum atomic E-state index is -0.310. The molecule has 0 saturated heterocycles. The fraction of sp³-hybridized carbons (Fsp3) is 0.211. The second-order valence-electron chi connectivity index (χ2n) is 6.17. The van der Waals surface area contributed by atoms with Gasteiger partial charge in [0.25, 0.3) is 0 Å². The van der Waals surface area contributed by atoms with Crippen LogP contribution in [0.2, 0.25) is 0 Å². The first kappa shape index (κ1) is 17.0. The molecule has 1 aromatic carbocycles. The lowest BCUT2D eigenvalue weighted by Crippen LogP contribution is -2.41. The van der Waals surface area contributed by atoms with Crippen molar-refractivity contribution in [2.75, 3.05) is 19.1 Å². The largest absolute Gasteiger partial charge is 0.481 e. The molecule has 2 aromatic heterocycles. The van der Waals surface area contributed by atoms with Crippen LogP contribution in [0.25, 0.3) is 22.4 Å². The molecule has 3 aromatic rings. The van der Waals surface area contributed by atoms with Crippen LogP contribution in [0.15, 0.2) is 42.6 Å². The van der Waals surface area contributed by atoms with Gasteiger partial charge in [0.1, 0.15) is 11.5 Å². The van der Waals surface area contributed by atoms with Crippen LogP contribution in [0.4, 0.5) is 10.2 Å². The Kier molecular flexibility index (Phi) is 4.23. The Labute approximate surface area is 155 Å². The second kappa shape index (κ2) is 6.71. The SMILES string of the molecule is COc1cc(-c2c(-c3ccc(F)cc3)nn3c2NN(C(C)=O)CC3)ccn1. The van der Waals surface area contributed by atoms with E-state index in [1.807, 2.05) is 10.7 Å². The van der Waals surface area contributed by atoms with E-state index in [0.717, 1.165) is 16.7 Å². The average Bonchev–Trinajstić information content (AvgIpc) is 3.07. The Hall–Kier alpha value is -3.42. The number of nitrogens with zero attached hydrogens (tertiary/aromatic N) is 4. The molecule has 1 N–H and O–H groups in total. The smallest absolute Gasteiger partial charge is 0.237 e. The highest BCUT2D eigenvalue weighted by molar-refractivity contribution is 5.90. The quantitative estimate of drug-likeness (QED) is 0.771. The number of pyridine rings is 1. The van der Waals surface area contributed by atoms with E-state index < -0.39 is 0 Å². The minimum Gasteiger partial charge on any atom is -0.481 e. The molecule has 0 spiro atoms. The summed E-state index contributed by atoms with van der Waals surface area (Å²) < 4.78 is 20.4. The highest BCUT2D eigenvalue weighted by atomic mass is 19.1. The van der Waals surface area contributed by atoms with Gasteiger partial charge in [0.05, 0.1) is 25.8 Å². The van der Waals surface area contributed by atoms with Crippen molar-refractivity contribution < 1.29 is 13.9 Å². The van der Waals surface area contributed by atoms with Crippen molar-refractivity contribution in [3.8, 4) is 28.3 Å². The van der Waals surface area contributed by atoms with Crippen LogP contribution in [0.3, 0.4) is 0 Å². The molecule has 0 fully saturated rings. The van der Waals surface area contributed by atoms with Gasteiger partial charge in [-0.2, -0.15) is 5.10 Å². The molecule has 0 radical (unpaired) electrons. The summed E-state index contributed by atoms with van der Waals surface area (Å²) in [6, 6.07) is 9.84. The third-order valence-electron chi connectivity index (χ3n) is 4.46. The summed E-state index contributed by atoms with van der Waals surface area (Å²) >= 11 is 0. The molecule has 0 atom stereocenters. The Bertz CT molecular complexity index is 1000. The van der Waals surface area contributed by atoms with Crippen LogP contribution in [0.5, 0.6) is 5.88 Å². The zero-order valence-corrected chi connectivity index (χ0v) is 14.9. The summed E-state index contributed by atoms with van der Waals surface area (Å²) in [6.07, 6.45) is 1.65. The number of nitrogens with one attached hydrogen (secondary N) is 1. The molecule has 3 heterocycles. The zero-order valence-electron chi connectivity index (χ0n) is 14.9. The van der Waals surface area contributed by atoms with Crippen LogP contribution >= 0.6 is 0 Å². The number of amides is 1. The van der Waals surface area contributed by atoms with E-state index in [0.29, 0.717) is 30.5 Å². The molecular weight excluding hydrogens is 349 g/mol. The summed E-state index contributed by atoms with van der Waals surface area (Å²) in [5.41, 5.74) is 6.25. The van der Waals surface area contributed by atoms with Crippen molar-refractivity contribution >= 4 is 11.7 Å². The molecular formula is C19H18FN5O2. The van der Waals surface area contributed by atoms with Crippen molar-refractivity contribution in [2.24, 2.45) is 0 Å². The number of hydrogen-bond donors (Lipinski definition) is 1. The third-order valence-corrected chi connectivity index (χ3v) is 4.46. The molecule has 8 heteroatoms. The van der Waals surface area contributed by atoms with Gasteiger partial charge in [0.2, 0.25) is 11.8 Å². The first-order chi connectivity index (χ1) is 13.1. The molecule has 27 heavy (non-hydrogen) atoms. The number of fused-ring (bicyclic) bond motifs is 1. The summed E-state index contributed by atoms with van der Waals surface area (Å²) in [5, 5.41) is 6.26. The van der Waals surface area contributed by atoms with Gasteiger partial charge < -0.3 is 4.74 Å². The lowest BCUT2D eigenvalue weighted by Gasteiger charge is -2.28. The molecule has 4 rings (SSSR count). The fourth-order valence-electron chi connectivity index (χ4n) is 3.11. The molecule has 7 nitrogen and oxygen atoms in total. The number of methoxy groups -OCH3 is 1. The van der Waals surface area contributed by atoms with Gasteiger partial charge in [-0.3, -0.25) is 15.2 Å². The number of benzene rings is 1. The van der Waals surface area contributed by atoms with Crippen molar-refractivity contribution in [2.45, 2.75) is 13.5 Å². The number of halogens is 1. The number of carbonyl (C=O) groups excluding carboxylic acids is 1. The number of rotatable bonds is 3. The van der Waals surface area contributed by atoms with Crippen molar-refractivity contribution in [3.05, 3.63) is 48.4 Å². The molecule has 1 amide bonds. The Morgan fingerprint density at radius 2 is 1.96 bits per heavy atom. The predicted octanol–water partition coefficient (Wildman–Crippen LogP) is 2.95. The highest BCUT2D eigenvalue weighted by Crippen LogP contribution is 2.39. The Morgan fingerprint density at radius 3 is 2.67 bits per heavy atom. The normalized spacial score (nSPS) is 13.1. The van der Waals surface area contributed by atoms with Crippen LogP contribution in [0, 0.1) is 5.82 Å². The molecule has 138 valence electrons. The van der Waals surface area contributed by atoms with E-state index in [1.54, 1.807) is 36.5 Å². The second-order valence-corrected chi connectivity index (χ2v) is 6.17. The zero-order chi connectivity index (χ0) is 19.0. The molecule has 0 unspecified atom stereocenters. The third kappa shape index (κ3) is 3.10. The highest BCUT2D eigenvalue weighted by Gasteiger charge is 2.27. The maximum atomic E-state index is 13.4. The molecule has 1 aliphatic heterocycles. The number of carbonyl (C=O) groups is 1. The van der Waals surface area contributed by atoms with Gasteiger partial charge in [0, 0.05) is 24.8 Å². The van der Waals surface area contributed by atoms with Gasteiger partial charge in [0.15, 0.2) is 5.82 Å². The molecule has 0 aliphatic carbocycles. The summed E-state index contributed by atoms with van der Waals surface area (Å²) in [5.74, 6) is 0.778. The number of aromatic nitrogens is 3. The van der Waals surface area contributed by atoms with Gasteiger partial charge in [-0.25, -0.2) is 14.1 Å². The lowest BCUT2D eigenvalue weighted by atomic mass is 10.0. The summed E-state index contributed by atoms with van der Waals surface area (Å²) in [6.45, 7) is 2.57. The first-order valence-electron chi connectivity index (χ1n) is 8.48. The minimum absolute atomic E-state index is 0.0796. The summed E-state index contributed by atoms with van der Waals surface area (Å²) in [7, 11) is 1.55. The summed E-state index contributed by atoms with van der Waals surface area (Å²) in [4.78, 5) is 16.0. The van der Waals surface area contributed by atoms with E-state index in [9.17, 15) is 9.18 Å². The average molecular weight is 367 g/mol. The fourth-order valence-corrected chi connectivity index (χ4v) is 3.11. The van der Waals surface area contributed by atoms with Gasteiger partial charge >= 0.3 is 0 Å².